The van der Waals surface area contributed by atoms with E-state index in [0.29, 0.717) is 6.42 Å². The van der Waals surface area contributed by atoms with Crippen LogP contribution in [0, 0.1) is 0 Å². The quantitative estimate of drug-likeness (QED) is 0.177. The molecule has 12 nitrogen and oxygen atoms in total. The maximum absolute atomic E-state index is 12.1. The van der Waals surface area contributed by atoms with E-state index in [1.807, 2.05) is 0 Å². The van der Waals surface area contributed by atoms with Crippen molar-refractivity contribution < 1.29 is 4.79 Å². The molecule has 0 aromatic rings. The van der Waals surface area contributed by atoms with Gasteiger partial charge < -0.3 is 58.5 Å². The maximum Gasteiger partial charge on any atom is 0.219 e. The first-order valence-electron chi connectivity index (χ1n) is 23.2. The summed E-state index contributed by atoms with van der Waals surface area (Å²) >= 11 is 0. The highest BCUT2D eigenvalue weighted by Gasteiger charge is 2.01. The maximum atomic E-state index is 12.1. The molecule has 1 saturated heterocycles. The van der Waals surface area contributed by atoms with Crippen molar-refractivity contribution in [1.29, 1.82) is 0 Å². The molecule has 11 N–H and O–H groups in total. The van der Waals surface area contributed by atoms with E-state index in [0.717, 1.165) is 157 Å². The molecule has 12 heteroatoms. The van der Waals surface area contributed by atoms with Crippen molar-refractivity contribution in [3.8, 4) is 0 Å². The molecule has 0 aromatic carbocycles. The molecule has 0 unspecified atom stereocenters. The van der Waals surface area contributed by atoms with Crippen molar-refractivity contribution in [1.82, 2.24) is 58.5 Å². The Labute approximate surface area is 334 Å². The Morgan fingerprint density at radius 3 is 0.648 bits per heavy atom. The zero-order valence-corrected chi connectivity index (χ0v) is 35.4. The summed E-state index contributed by atoms with van der Waals surface area (Å²) < 4.78 is 0. The number of hydrogen-bond donors (Lipinski definition) is 11. The van der Waals surface area contributed by atoms with E-state index in [1.54, 1.807) is 0 Å². The largest absolute Gasteiger partial charge is 0.356 e. The third-order valence-electron chi connectivity index (χ3n) is 9.97. The lowest BCUT2D eigenvalue weighted by atomic mass is 10.1. The molecule has 1 aliphatic heterocycles. The lowest BCUT2D eigenvalue weighted by Gasteiger charge is -2.09. The molecule has 0 spiro atoms. The highest BCUT2D eigenvalue weighted by Crippen LogP contribution is 2.10. The normalized spacial score (nSPS) is 23.7. The van der Waals surface area contributed by atoms with E-state index in [9.17, 15) is 4.79 Å². The molecule has 54 heavy (non-hydrogen) atoms. The number of hydrogen-bond acceptors (Lipinski definition) is 11. The number of carbonyl (C=O) groups excluding carboxylic acids is 1. The fraction of sp³-hybridized carbons (Fsp3) is 0.976. The van der Waals surface area contributed by atoms with Gasteiger partial charge >= 0.3 is 0 Å². The third-order valence-corrected chi connectivity index (χ3v) is 9.97. The molecule has 1 fully saturated rings. The van der Waals surface area contributed by atoms with Crippen LogP contribution in [-0.2, 0) is 4.79 Å². The molecule has 0 saturated carbocycles. The minimum atomic E-state index is 0.223. The van der Waals surface area contributed by atoms with Gasteiger partial charge in [-0.15, -0.1) is 0 Å². The predicted octanol–water partition coefficient (Wildman–Crippen LogP) is 2.81. The summed E-state index contributed by atoms with van der Waals surface area (Å²) in [6, 6.07) is 0. The van der Waals surface area contributed by atoms with Gasteiger partial charge in [0.15, 0.2) is 0 Å². The Kier molecular flexibility index (Phi) is 43.9. The van der Waals surface area contributed by atoms with E-state index in [4.69, 9.17) is 0 Å². The first-order valence-corrected chi connectivity index (χ1v) is 23.2. The number of carbonyl (C=O) groups is 1. The average Bonchev–Trinajstić information content (AvgIpc) is 3.18. The second-order valence-electron chi connectivity index (χ2n) is 15.3. The van der Waals surface area contributed by atoms with Crippen LogP contribution in [0.4, 0.5) is 0 Å². The van der Waals surface area contributed by atoms with Crippen LogP contribution in [0.25, 0.3) is 0 Å². The van der Waals surface area contributed by atoms with E-state index in [2.05, 4.69) is 58.5 Å². The molecule has 0 bridgehead atoms. The standard InChI is InChI=1S/C42H93N11O/c54-42-20-8-6-4-2-1-3-5-7-9-21-43-22-10-23-44-24-11-25-45-26-12-27-46-28-13-29-47-30-14-31-48-32-15-33-49-34-16-35-50-36-17-37-51-38-18-39-52-40-19-41-53-42/h43-52H,1-41H2,(H,53,54). The second-order valence-corrected chi connectivity index (χ2v) is 15.3. The zero-order valence-electron chi connectivity index (χ0n) is 35.4. The highest BCUT2D eigenvalue weighted by atomic mass is 16.1. The summed E-state index contributed by atoms with van der Waals surface area (Å²) in [5, 5.41) is 38.9. The molecule has 0 aliphatic carbocycles. The van der Waals surface area contributed by atoms with Crippen LogP contribution in [0.1, 0.15) is 128 Å². The minimum absolute atomic E-state index is 0.223. The molecule has 1 aliphatic rings. The number of amides is 1. The molecule has 322 valence electrons. The lowest BCUT2D eigenvalue weighted by Crippen LogP contribution is -2.29. The summed E-state index contributed by atoms with van der Waals surface area (Å²) in [5.74, 6) is 0.223. The van der Waals surface area contributed by atoms with E-state index >= 15 is 0 Å². The van der Waals surface area contributed by atoms with Gasteiger partial charge in [0.1, 0.15) is 0 Å². The SMILES string of the molecule is O=C1CCCCCCCCCCCNCCCNCCCNCCCNCCCNCCCNCCCNCCCNCCCNCCCNCCCN1. The molecule has 1 heterocycles. The van der Waals surface area contributed by atoms with Gasteiger partial charge in [0.2, 0.25) is 5.91 Å². The van der Waals surface area contributed by atoms with Crippen LogP contribution < -0.4 is 58.5 Å². The van der Waals surface area contributed by atoms with Gasteiger partial charge in [-0.05, 0) is 208 Å². The summed E-state index contributed by atoms with van der Waals surface area (Å²) in [6.45, 7) is 22.6. The molecule has 0 radical (unpaired) electrons. The molecular weight excluding hydrogens is 675 g/mol. The number of nitrogens with one attached hydrogen (secondary N) is 11. The van der Waals surface area contributed by atoms with Crippen molar-refractivity contribution in [2.45, 2.75) is 128 Å². The average molecular weight is 768 g/mol. The van der Waals surface area contributed by atoms with Crippen molar-refractivity contribution in [2.75, 3.05) is 137 Å². The lowest BCUT2D eigenvalue weighted by molar-refractivity contribution is -0.121. The highest BCUT2D eigenvalue weighted by molar-refractivity contribution is 5.75. The summed E-state index contributed by atoms with van der Waals surface area (Å²) in [7, 11) is 0. The van der Waals surface area contributed by atoms with E-state index in [1.165, 1.54) is 103 Å². The first kappa shape index (κ1) is 51.1. The molecule has 1 rings (SSSR count). The van der Waals surface area contributed by atoms with Gasteiger partial charge in [-0.2, -0.15) is 0 Å². The van der Waals surface area contributed by atoms with Gasteiger partial charge in [-0.3, -0.25) is 4.79 Å². The summed E-state index contributed by atoms with van der Waals surface area (Å²) in [5.41, 5.74) is 0. The second kappa shape index (κ2) is 46.5. The van der Waals surface area contributed by atoms with Crippen molar-refractivity contribution in [3.05, 3.63) is 0 Å². The monoisotopic (exact) mass is 768 g/mol. The van der Waals surface area contributed by atoms with E-state index in [-0.39, 0.29) is 5.91 Å². The van der Waals surface area contributed by atoms with Crippen LogP contribution in [0.3, 0.4) is 0 Å². The molecule has 0 aromatic heterocycles. The zero-order chi connectivity index (χ0) is 38.3. The molecule has 1 amide bonds. The Morgan fingerprint density at radius 1 is 0.204 bits per heavy atom. The molecule has 0 atom stereocenters. The molecular formula is C42H93N11O. The Morgan fingerprint density at radius 2 is 0.389 bits per heavy atom. The van der Waals surface area contributed by atoms with Crippen LogP contribution in [-0.4, -0.2) is 143 Å². The van der Waals surface area contributed by atoms with Crippen LogP contribution >= 0.6 is 0 Å². The fourth-order valence-electron chi connectivity index (χ4n) is 6.60. The Bertz CT molecular complexity index is 666. The summed E-state index contributed by atoms with van der Waals surface area (Å²) in [6.07, 6.45) is 23.9. The van der Waals surface area contributed by atoms with Gasteiger partial charge in [0.05, 0.1) is 0 Å². The Balaban J connectivity index is 2.04. The van der Waals surface area contributed by atoms with Gasteiger partial charge in [-0.25, -0.2) is 0 Å². The van der Waals surface area contributed by atoms with Gasteiger partial charge in [0, 0.05) is 13.0 Å². The third kappa shape index (κ3) is 43.8. The van der Waals surface area contributed by atoms with Crippen LogP contribution in [0.5, 0.6) is 0 Å². The van der Waals surface area contributed by atoms with Crippen LogP contribution in [0.2, 0.25) is 0 Å². The van der Waals surface area contributed by atoms with Crippen molar-refractivity contribution in [2.24, 2.45) is 0 Å². The predicted molar refractivity (Wildman–Crippen MR) is 234 cm³/mol. The van der Waals surface area contributed by atoms with Crippen molar-refractivity contribution >= 4 is 5.91 Å². The topological polar surface area (TPSA) is 149 Å². The van der Waals surface area contributed by atoms with Crippen LogP contribution in [0.15, 0.2) is 0 Å². The summed E-state index contributed by atoms with van der Waals surface area (Å²) in [4.78, 5) is 12.1. The van der Waals surface area contributed by atoms with Gasteiger partial charge in [0.25, 0.3) is 0 Å². The Hall–Kier alpha value is -0.930. The first-order chi connectivity index (χ1) is 26.9. The van der Waals surface area contributed by atoms with E-state index < -0.39 is 0 Å². The minimum Gasteiger partial charge on any atom is -0.356 e. The van der Waals surface area contributed by atoms with Gasteiger partial charge in [-0.1, -0.05) is 44.9 Å². The van der Waals surface area contributed by atoms with Crippen molar-refractivity contribution in [3.63, 3.8) is 0 Å². The smallest absolute Gasteiger partial charge is 0.219 e. The number of rotatable bonds is 0. The fourth-order valence-corrected chi connectivity index (χ4v) is 6.60.